The van der Waals surface area contributed by atoms with Gasteiger partial charge in [-0.2, -0.15) is 4.31 Å². The van der Waals surface area contributed by atoms with Crippen LogP contribution in [0.3, 0.4) is 0 Å². The number of piperazine rings is 1. The molecule has 3 rings (SSSR count). The molecule has 128 valence electrons. The molecule has 2 aromatic carbocycles. The summed E-state index contributed by atoms with van der Waals surface area (Å²) in [6.07, 6.45) is 0. The van der Waals surface area contributed by atoms with E-state index >= 15 is 0 Å². The lowest BCUT2D eigenvalue weighted by Gasteiger charge is -2.31. The number of hydrogen-bond donors (Lipinski definition) is 1. The van der Waals surface area contributed by atoms with Gasteiger partial charge >= 0.3 is 0 Å². The fraction of sp³-hybridized carbons (Fsp3) is 0.333. The number of quaternary nitrogens is 1. The van der Waals surface area contributed by atoms with E-state index in [0.29, 0.717) is 38.3 Å². The van der Waals surface area contributed by atoms with Crippen molar-refractivity contribution in [2.24, 2.45) is 0 Å². The van der Waals surface area contributed by atoms with E-state index in [9.17, 15) is 12.8 Å². The van der Waals surface area contributed by atoms with E-state index in [1.807, 2.05) is 36.4 Å². The van der Waals surface area contributed by atoms with Crippen molar-refractivity contribution in [2.45, 2.75) is 12.3 Å². The second-order valence-corrected chi connectivity index (χ2v) is 8.13. The van der Waals surface area contributed by atoms with Gasteiger partial charge in [-0.1, -0.05) is 48.5 Å². The Morgan fingerprint density at radius 1 is 0.958 bits per heavy atom. The van der Waals surface area contributed by atoms with Crippen molar-refractivity contribution >= 4 is 10.0 Å². The van der Waals surface area contributed by atoms with Crippen LogP contribution in [0.1, 0.15) is 11.1 Å². The van der Waals surface area contributed by atoms with Gasteiger partial charge in [-0.25, -0.2) is 12.8 Å². The molecule has 0 aliphatic carbocycles. The molecule has 1 aliphatic rings. The van der Waals surface area contributed by atoms with Gasteiger partial charge in [0, 0.05) is 5.56 Å². The van der Waals surface area contributed by atoms with Gasteiger partial charge < -0.3 is 4.90 Å². The number of halogens is 1. The largest absolute Gasteiger partial charge is 0.329 e. The highest BCUT2D eigenvalue weighted by atomic mass is 32.2. The number of rotatable bonds is 5. The van der Waals surface area contributed by atoms with Crippen molar-refractivity contribution < 1.29 is 17.7 Å². The van der Waals surface area contributed by atoms with Gasteiger partial charge in [0.2, 0.25) is 10.0 Å². The third-order valence-corrected chi connectivity index (χ3v) is 6.26. The molecule has 0 amide bonds. The third-order valence-electron chi connectivity index (χ3n) is 4.41. The maximum absolute atomic E-state index is 13.7. The Hall–Kier alpha value is -1.76. The summed E-state index contributed by atoms with van der Waals surface area (Å²) in [5, 5.41) is 0. The summed E-state index contributed by atoms with van der Waals surface area (Å²) in [4.78, 5) is 1.21. The first-order chi connectivity index (χ1) is 11.5. The summed E-state index contributed by atoms with van der Waals surface area (Å²) in [5.74, 6) is -0.152. The molecule has 0 aromatic heterocycles. The van der Waals surface area contributed by atoms with Crippen LogP contribution in [0.2, 0.25) is 0 Å². The van der Waals surface area contributed by atoms with E-state index in [1.54, 1.807) is 16.4 Å². The molecule has 0 radical (unpaired) electrons. The zero-order valence-electron chi connectivity index (χ0n) is 13.5. The van der Waals surface area contributed by atoms with E-state index in [-0.39, 0.29) is 11.6 Å². The smallest absolute Gasteiger partial charge is 0.218 e. The SMILES string of the molecule is O=S(=O)(Cc1ccccc1)N1CC[NH+](Cc2ccccc2F)CC1. The van der Waals surface area contributed by atoms with Gasteiger partial charge in [0.15, 0.2) is 0 Å². The lowest BCUT2D eigenvalue weighted by molar-refractivity contribution is -0.917. The van der Waals surface area contributed by atoms with Gasteiger partial charge in [0.05, 0.1) is 31.9 Å². The first-order valence-corrected chi connectivity index (χ1v) is 9.74. The van der Waals surface area contributed by atoms with Crippen molar-refractivity contribution in [3.63, 3.8) is 0 Å². The summed E-state index contributed by atoms with van der Waals surface area (Å²) in [6, 6.07) is 16.0. The molecule has 1 aliphatic heterocycles. The minimum atomic E-state index is -3.29. The van der Waals surface area contributed by atoms with E-state index in [1.165, 1.54) is 11.0 Å². The van der Waals surface area contributed by atoms with Gasteiger partial charge in [0.1, 0.15) is 12.4 Å². The monoisotopic (exact) mass is 349 g/mol. The molecule has 0 atom stereocenters. The van der Waals surface area contributed by atoms with Gasteiger partial charge in [-0.05, 0) is 11.6 Å². The molecule has 6 heteroatoms. The van der Waals surface area contributed by atoms with Crippen LogP contribution in [-0.2, 0) is 22.3 Å². The average molecular weight is 349 g/mol. The summed E-state index contributed by atoms with van der Waals surface area (Å²) in [7, 11) is -3.29. The molecular formula is C18H22FN2O2S+. The van der Waals surface area contributed by atoms with Crippen molar-refractivity contribution in [2.75, 3.05) is 26.2 Å². The van der Waals surface area contributed by atoms with E-state index < -0.39 is 10.0 Å². The molecule has 0 saturated carbocycles. The van der Waals surface area contributed by atoms with Gasteiger partial charge in [-0.3, -0.25) is 0 Å². The highest BCUT2D eigenvalue weighted by molar-refractivity contribution is 7.88. The molecule has 24 heavy (non-hydrogen) atoms. The molecule has 2 aromatic rings. The van der Waals surface area contributed by atoms with Crippen LogP contribution >= 0.6 is 0 Å². The van der Waals surface area contributed by atoms with Gasteiger partial charge in [-0.15, -0.1) is 0 Å². The van der Waals surface area contributed by atoms with Crippen LogP contribution in [0.5, 0.6) is 0 Å². The zero-order chi connectivity index (χ0) is 17.0. The van der Waals surface area contributed by atoms with E-state index in [4.69, 9.17) is 0 Å². The highest BCUT2D eigenvalue weighted by Gasteiger charge is 2.29. The maximum Gasteiger partial charge on any atom is 0.218 e. The highest BCUT2D eigenvalue weighted by Crippen LogP contribution is 2.11. The van der Waals surface area contributed by atoms with Gasteiger partial charge in [0.25, 0.3) is 0 Å². The fourth-order valence-corrected chi connectivity index (χ4v) is 4.58. The second-order valence-electron chi connectivity index (χ2n) is 6.16. The summed E-state index contributed by atoms with van der Waals surface area (Å²) < 4.78 is 40.4. The minimum Gasteiger partial charge on any atom is -0.329 e. The molecular weight excluding hydrogens is 327 g/mol. The lowest BCUT2D eigenvalue weighted by Crippen LogP contribution is -3.13. The van der Waals surface area contributed by atoms with E-state index in [2.05, 4.69) is 0 Å². The Labute approximate surface area is 142 Å². The summed E-state index contributed by atoms with van der Waals surface area (Å²) >= 11 is 0. The normalized spacial score (nSPS) is 17.0. The lowest BCUT2D eigenvalue weighted by atomic mass is 10.2. The molecule has 1 N–H and O–H groups in total. The van der Waals surface area contributed by atoms with Crippen LogP contribution < -0.4 is 4.90 Å². The summed E-state index contributed by atoms with van der Waals surface area (Å²) in [6.45, 7) is 2.96. The zero-order valence-corrected chi connectivity index (χ0v) is 14.3. The molecule has 0 bridgehead atoms. The standard InChI is InChI=1S/C18H21FN2O2S/c19-18-9-5-4-8-17(18)14-20-10-12-21(13-11-20)24(22,23)15-16-6-2-1-3-7-16/h1-9H,10-15H2/p+1. The molecule has 0 spiro atoms. The van der Waals surface area contributed by atoms with Crippen molar-refractivity contribution in [1.82, 2.24) is 4.31 Å². The Balaban J connectivity index is 1.57. The fourth-order valence-electron chi connectivity index (χ4n) is 3.04. The number of hydrogen-bond acceptors (Lipinski definition) is 2. The predicted octanol–water partition coefficient (Wildman–Crippen LogP) is 1.06. The first-order valence-electron chi connectivity index (χ1n) is 8.13. The Kier molecular flexibility index (Phi) is 5.28. The maximum atomic E-state index is 13.7. The molecule has 1 heterocycles. The molecule has 1 saturated heterocycles. The quantitative estimate of drug-likeness (QED) is 0.877. The Morgan fingerprint density at radius 2 is 1.58 bits per heavy atom. The number of nitrogens with zero attached hydrogens (tertiary/aromatic N) is 1. The van der Waals surface area contributed by atoms with Crippen molar-refractivity contribution in [1.29, 1.82) is 0 Å². The van der Waals surface area contributed by atoms with Crippen LogP contribution in [0.15, 0.2) is 54.6 Å². The first kappa shape index (κ1) is 17.1. The van der Waals surface area contributed by atoms with Crippen LogP contribution in [0.25, 0.3) is 0 Å². The average Bonchev–Trinajstić information content (AvgIpc) is 2.58. The van der Waals surface area contributed by atoms with Crippen molar-refractivity contribution in [3.05, 3.63) is 71.5 Å². The number of nitrogens with one attached hydrogen (secondary N) is 1. The Bertz CT molecular complexity index is 773. The molecule has 0 unspecified atom stereocenters. The van der Waals surface area contributed by atoms with Crippen molar-refractivity contribution in [3.8, 4) is 0 Å². The van der Waals surface area contributed by atoms with E-state index in [0.717, 1.165) is 5.56 Å². The molecule has 1 fully saturated rings. The predicted molar refractivity (Wildman–Crippen MR) is 91.4 cm³/mol. The van der Waals surface area contributed by atoms with Crippen LogP contribution in [0.4, 0.5) is 4.39 Å². The topological polar surface area (TPSA) is 41.8 Å². The van der Waals surface area contributed by atoms with Crippen LogP contribution in [0, 0.1) is 5.82 Å². The number of benzene rings is 2. The summed E-state index contributed by atoms with van der Waals surface area (Å²) in [5.41, 5.74) is 1.49. The molecule has 4 nitrogen and oxygen atoms in total. The minimum absolute atomic E-state index is 0.0382. The Morgan fingerprint density at radius 3 is 2.25 bits per heavy atom. The van der Waals surface area contributed by atoms with Crippen LogP contribution in [-0.4, -0.2) is 38.9 Å². The second kappa shape index (κ2) is 7.42. The number of sulfonamides is 1. The third kappa shape index (κ3) is 4.20.